The summed E-state index contributed by atoms with van der Waals surface area (Å²) in [7, 11) is 0. The van der Waals surface area contributed by atoms with Crippen LogP contribution >= 0.6 is 11.6 Å². The molecule has 0 N–H and O–H groups in total. The maximum atomic E-state index is 12.6. The molecule has 0 radical (unpaired) electrons. The molecule has 4 rings (SSSR count). The fourth-order valence-corrected chi connectivity index (χ4v) is 4.30. The highest BCUT2D eigenvalue weighted by Gasteiger charge is 2.58. The molecule has 3 heteroatoms. The van der Waals surface area contributed by atoms with Crippen molar-refractivity contribution in [2.45, 2.75) is 30.6 Å². The molecule has 2 aliphatic carbocycles. The molecule has 0 spiro atoms. The van der Waals surface area contributed by atoms with Crippen molar-refractivity contribution in [3.05, 3.63) is 35.4 Å². The van der Waals surface area contributed by atoms with Crippen LogP contribution in [0.5, 0.6) is 0 Å². The lowest BCUT2D eigenvalue weighted by Crippen LogP contribution is -2.31. The van der Waals surface area contributed by atoms with Gasteiger partial charge in [-0.1, -0.05) is 24.3 Å². The Morgan fingerprint density at radius 2 is 2.11 bits per heavy atom. The molecule has 0 bridgehead atoms. The third-order valence-corrected chi connectivity index (χ3v) is 5.41. The van der Waals surface area contributed by atoms with E-state index in [1.54, 1.807) is 0 Å². The summed E-state index contributed by atoms with van der Waals surface area (Å²) in [6.45, 7) is 1.60. The van der Waals surface area contributed by atoms with E-state index >= 15 is 0 Å². The average Bonchev–Trinajstić information content (AvgIpc) is 3.03. The van der Waals surface area contributed by atoms with E-state index in [-0.39, 0.29) is 11.3 Å². The lowest BCUT2D eigenvalue weighted by atomic mass is 9.92. The van der Waals surface area contributed by atoms with Crippen molar-refractivity contribution in [2.24, 2.45) is 11.8 Å². The van der Waals surface area contributed by atoms with Crippen molar-refractivity contribution in [1.82, 2.24) is 4.90 Å². The Hall–Kier alpha value is -1.02. The van der Waals surface area contributed by atoms with E-state index in [9.17, 15) is 4.79 Å². The zero-order chi connectivity index (χ0) is 13.0. The second kappa shape index (κ2) is 4.24. The summed E-state index contributed by atoms with van der Waals surface area (Å²) in [5.41, 5.74) is 2.88. The van der Waals surface area contributed by atoms with Crippen LogP contribution in [0.25, 0.3) is 0 Å². The molecule has 4 atom stereocenters. The summed E-state index contributed by atoms with van der Waals surface area (Å²) in [6, 6.07) is 8.65. The molecule has 1 saturated carbocycles. The van der Waals surface area contributed by atoms with Crippen molar-refractivity contribution < 1.29 is 4.79 Å². The van der Waals surface area contributed by atoms with E-state index in [1.807, 2.05) is 4.90 Å². The minimum absolute atomic E-state index is 0.164. The van der Waals surface area contributed by atoms with Gasteiger partial charge in [0.15, 0.2) is 0 Å². The summed E-state index contributed by atoms with van der Waals surface area (Å²) in [5, 5.41) is 0.164. The van der Waals surface area contributed by atoms with Gasteiger partial charge in [-0.15, -0.1) is 11.6 Å². The number of benzene rings is 1. The van der Waals surface area contributed by atoms with E-state index in [4.69, 9.17) is 11.6 Å². The highest BCUT2D eigenvalue weighted by atomic mass is 35.5. The van der Waals surface area contributed by atoms with Gasteiger partial charge in [0.2, 0.25) is 5.91 Å². The van der Waals surface area contributed by atoms with Crippen LogP contribution in [-0.2, 0) is 11.2 Å². The fraction of sp³-hybridized carbons (Fsp3) is 0.562. The van der Waals surface area contributed by atoms with Crippen molar-refractivity contribution >= 4 is 17.5 Å². The minimum Gasteiger partial charge on any atom is -0.341 e. The Kier molecular flexibility index (Phi) is 2.63. The summed E-state index contributed by atoms with van der Waals surface area (Å²) >= 11 is 6.12. The van der Waals surface area contributed by atoms with Gasteiger partial charge in [-0.2, -0.15) is 0 Å². The third-order valence-electron chi connectivity index (χ3n) is 5.06. The first-order chi connectivity index (χ1) is 9.25. The minimum atomic E-state index is 0.164. The number of carbonyl (C=O) groups is 1. The normalized spacial score (nSPS) is 35.7. The number of likely N-dealkylation sites (tertiary alicyclic amines) is 1. The van der Waals surface area contributed by atoms with Crippen LogP contribution in [0.1, 0.15) is 29.9 Å². The number of nitrogens with zero attached hydrogens (tertiary/aromatic N) is 1. The molecule has 1 aliphatic heterocycles. The molecule has 19 heavy (non-hydrogen) atoms. The van der Waals surface area contributed by atoms with Crippen molar-refractivity contribution in [3.63, 3.8) is 0 Å². The highest BCUT2D eigenvalue weighted by molar-refractivity contribution is 6.21. The lowest BCUT2D eigenvalue weighted by molar-refractivity contribution is -0.131. The molecule has 0 aromatic heterocycles. The van der Waals surface area contributed by atoms with Crippen LogP contribution in [0.4, 0.5) is 0 Å². The second-order valence-electron chi connectivity index (χ2n) is 6.12. The SMILES string of the molecule is O=C(C1C2CCc3ccccc3C21)N1CCC(Cl)C1. The lowest BCUT2D eigenvalue weighted by Gasteiger charge is -2.15. The molecular formula is C16H18ClNO. The van der Waals surface area contributed by atoms with Gasteiger partial charge in [-0.3, -0.25) is 4.79 Å². The topological polar surface area (TPSA) is 20.3 Å². The van der Waals surface area contributed by atoms with Crippen LogP contribution in [0, 0.1) is 11.8 Å². The summed E-state index contributed by atoms with van der Waals surface area (Å²) in [5.74, 6) is 1.68. The summed E-state index contributed by atoms with van der Waals surface area (Å²) < 4.78 is 0. The van der Waals surface area contributed by atoms with Gasteiger partial charge >= 0.3 is 0 Å². The molecular weight excluding hydrogens is 258 g/mol. The van der Waals surface area contributed by atoms with Crippen LogP contribution in [0.2, 0.25) is 0 Å². The summed E-state index contributed by atoms with van der Waals surface area (Å²) in [6.07, 6.45) is 3.27. The Labute approximate surface area is 118 Å². The van der Waals surface area contributed by atoms with Crippen molar-refractivity contribution in [2.75, 3.05) is 13.1 Å². The van der Waals surface area contributed by atoms with E-state index in [0.717, 1.165) is 25.9 Å². The van der Waals surface area contributed by atoms with Crippen LogP contribution < -0.4 is 0 Å². The van der Waals surface area contributed by atoms with Gasteiger partial charge in [0.25, 0.3) is 0 Å². The Balaban J connectivity index is 1.55. The van der Waals surface area contributed by atoms with Gasteiger partial charge in [0.1, 0.15) is 0 Å². The first-order valence-corrected chi connectivity index (χ1v) is 7.70. The van der Waals surface area contributed by atoms with Crippen LogP contribution in [0.3, 0.4) is 0 Å². The third kappa shape index (κ3) is 1.80. The molecule has 100 valence electrons. The zero-order valence-corrected chi connectivity index (χ0v) is 11.6. The number of carbonyl (C=O) groups excluding carboxylic acids is 1. The van der Waals surface area contributed by atoms with Gasteiger partial charge in [-0.25, -0.2) is 0 Å². The number of halogens is 1. The number of fused-ring (bicyclic) bond motifs is 3. The smallest absolute Gasteiger partial charge is 0.226 e. The molecule has 1 saturated heterocycles. The molecule has 1 aromatic rings. The molecule has 2 nitrogen and oxygen atoms in total. The van der Waals surface area contributed by atoms with E-state index in [2.05, 4.69) is 24.3 Å². The highest BCUT2D eigenvalue weighted by Crippen LogP contribution is 2.60. The molecule has 2 fully saturated rings. The number of amides is 1. The monoisotopic (exact) mass is 275 g/mol. The predicted octanol–water partition coefficient (Wildman–Crippen LogP) is 2.80. The first kappa shape index (κ1) is 11.8. The van der Waals surface area contributed by atoms with E-state index < -0.39 is 0 Å². The molecule has 1 amide bonds. The number of alkyl halides is 1. The fourth-order valence-electron chi connectivity index (χ4n) is 4.03. The molecule has 3 aliphatic rings. The number of hydrogen-bond acceptors (Lipinski definition) is 1. The second-order valence-corrected chi connectivity index (χ2v) is 6.74. The predicted molar refractivity (Wildman–Crippen MR) is 75.3 cm³/mol. The maximum Gasteiger partial charge on any atom is 0.226 e. The van der Waals surface area contributed by atoms with E-state index in [0.29, 0.717) is 17.7 Å². The Bertz CT molecular complexity index is 529. The number of aryl methyl sites for hydroxylation is 1. The first-order valence-electron chi connectivity index (χ1n) is 7.26. The quantitative estimate of drug-likeness (QED) is 0.722. The van der Waals surface area contributed by atoms with Crippen molar-refractivity contribution in [3.8, 4) is 0 Å². The van der Waals surface area contributed by atoms with Gasteiger partial charge in [-0.05, 0) is 42.2 Å². The molecule has 4 unspecified atom stereocenters. The molecule has 1 aromatic carbocycles. The summed E-state index contributed by atoms with van der Waals surface area (Å²) in [4.78, 5) is 14.6. The standard InChI is InChI=1S/C16H18ClNO/c17-11-7-8-18(9-11)16(19)15-13-6-5-10-3-1-2-4-12(10)14(13)15/h1-4,11,13-15H,5-9H2. The van der Waals surface area contributed by atoms with E-state index in [1.165, 1.54) is 17.5 Å². The Morgan fingerprint density at radius 1 is 1.26 bits per heavy atom. The van der Waals surface area contributed by atoms with Gasteiger partial charge in [0.05, 0.1) is 5.38 Å². The zero-order valence-electron chi connectivity index (χ0n) is 10.9. The number of hydrogen-bond donors (Lipinski definition) is 0. The Morgan fingerprint density at radius 3 is 2.89 bits per heavy atom. The van der Waals surface area contributed by atoms with Gasteiger partial charge < -0.3 is 4.90 Å². The van der Waals surface area contributed by atoms with Gasteiger partial charge in [0, 0.05) is 19.0 Å². The van der Waals surface area contributed by atoms with Crippen LogP contribution in [0.15, 0.2) is 24.3 Å². The largest absolute Gasteiger partial charge is 0.341 e. The molecule has 1 heterocycles. The number of rotatable bonds is 1. The van der Waals surface area contributed by atoms with Crippen LogP contribution in [-0.4, -0.2) is 29.3 Å². The average molecular weight is 276 g/mol. The van der Waals surface area contributed by atoms with Crippen molar-refractivity contribution in [1.29, 1.82) is 0 Å². The maximum absolute atomic E-state index is 12.6.